The van der Waals surface area contributed by atoms with Gasteiger partial charge in [0.25, 0.3) is 0 Å². The van der Waals surface area contributed by atoms with E-state index >= 15 is 0 Å². The van der Waals surface area contributed by atoms with Crippen LogP contribution < -0.4 is 11.2 Å². The number of carbonyl (C=O) groups excluding carboxylic acids is 3. The Bertz CT molecular complexity index is 523. The van der Waals surface area contributed by atoms with Gasteiger partial charge in [-0.3, -0.25) is 9.59 Å². The first kappa shape index (κ1) is 14.4. The van der Waals surface area contributed by atoms with Gasteiger partial charge in [-0.05, 0) is 6.92 Å². The number of esters is 1. The second kappa shape index (κ2) is 6.30. The number of Topliss-reactive ketones (excluding diaryl/α,β-unsaturated/α-hetero) is 1. The van der Waals surface area contributed by atoms with Crippen molar-refractivity contribution in [2.75, 3.05) is 6.61 Å². The van der Waals surface area contributed by atoms with Crippen molar-refractivity contribution in [2.24, 2.45) is 10.8 Å². The van der Waals surface area contributed by atoms with Gasteiger partial charge in [0.15, 0.2) is 6.61 Å². The van der Waals surface area contributed by atoms with Gasteiger partial charge in [0.1, 0.15) is 17.4 Å². The average molecular weight is 264 g/mol. The lowest BCUT2D eigenvalue weighted by atomic mass is 10.1. The quantitative estimate of drug-likeness (QED) is 0.384. The summed E-state index contributed by atoms with van der Waals surface area (Å²) in [5.74, 6) is -1.78. The number of carbonyl (C=O) groups is 3. The van der Waals surface area contributed by atoms with Crippen molar-refractivity contribution < 1.29 is 19.1 Å². The highest BCUT2D eigenvalue weighted by molar-refractivity contribution is 6.37. The molecule has 1 aliphatic rings. The molecule has 0 spiro atoms. The van der Waals surface area contributed by atoms with Crippen LogP contribution in [-0.2, 0) is 19.1 Å². The number of nitrogens with two attached hydrogens (primary N) is 1. The molecule has 0 saturated carbocycles. The second-order valence-corrected chi connectivity index (χ2v) is 3.76. The number of hydrogen-bond donors (Lipinski definition) is 2. The topological polar surface area (TPSA) is 135 Å². The van der Waals surface area contributed by atoms with Crippen LogP contribution in [-0.4, -0.2) is 30.0 Å². The molecule has 1 amide bonds. The SMILES string of the molecule is C/C(N)=C(/C#N)C(=O)COC(=O)C1=NNC(=O)CC1. The Hall–Kier alpha value is -2.69. The monoisotopic (exact) mass is 264 g/mol. The first-order valence-corrected chi connectivity index (χ1v) is 5.38. The van der Waals surface area contributed by atoms with Gasteiger partial charge >= 0.3 is 5.97 Å². The van der Waals surface area contributed by atoms with E-state index in [4.69, 9.17) is 15.7 Å². The van der Waals surface area contributed by atoms with Crippen molar-refractivity contribution in [3.05, 3.63) is 11.3 Å². The molecule has 0 aromatic rings. The van der Waals surface area contributed by atoms with Crippen molar-refractivity contribution in [2.45, 2.75) is 19.8 Å². The van der Waals surface area contributed by atoms with E-state index in [2.05, 4.69) is 10.5 Å². The fourth-order valence-corrected chi connectivity index (χ4v) is 1.28. The normalized spacial score (nSPS) is 15.6. The first-order chi connectivity index (χ1) is 8.95. The molecule has 0 aromatic heterocycles. The van der Waals surface area contributed by atoms with Gasteiger partial charge in [0, 0.05) is 18.5 Å². The maximum atomic E-state index is 11.5. The van der Waals surface area contributed by atoms with E-state index in [0.29, 0.717) is 0 Å². The molecule has 0 radical (unpaired) electrons. The van der Waals surface area contributed by atoms with Crippen LogP contribution in [0.15, 0.2) is 16.4 Å². The number of rotatable bonds is 4. The summed E-state index contributed by atoms with van der Waals surface area (Å²) in [6.07, 6.45) is 0.281. The summed E-state index contributed by atoms with van der Waals surface area (Å²) in [4.78, 5) is 33.8. The van der Waals surface area contributed by atoms with Crippen LogP contribution in [0.3, 0.4) is 0 Å². The smallest absolute Gasteiger partial charge is 0.354 e. The second-order valence-electron chi connectivity index (χ2n) is 3.76. The van der Waals surface area contributed by atoms with E-state index in [0.717, 1.165) is 0 Å². The number of nitrogens with zero attached hydrogens (tertiary/aromatic N) is 2. The molecule has 100 valence electrons. The van der Waals surface area contributed by atoms with Gasteiger partial charge in [-0.2, -0.15) is 10.4 Å². The van der Waals surface area contributed by atoms with Crippen LogP contribution in [0.4, 0.5) is 0 Å². The fourth-order valence-electron chi connectivity index (χ4n) is 1.28. The number of nitrogens with one attached hydrogen (secondary N) is 1. The summed E-state index contributed by atoms with van der Waals surface area (Å²) in [7, 11) is 0. The molecule has 0 bridgehead atoms. The van der Waals surface area contributed by atoms with E-state index in [1.165, 1.54) is 6.92 Å². The number of allylic oxidation sites excluding steroid dienone is 1. The molecule has 1 heterocycles. The largest absolute Gasteiger partial charge is 0.453 e. The summed E-state index contributed by atoms with van der Waals surface area (Å²) < 4.78 is 4.70. The van der Waals surface area contributed by atoms with Gasteiger partial charge in [-0.25, -0.2) is 10.2 Å². The number of ether oxygens (including phenoxy) is 1. The molecule has 0 aliphatic carbocycles. The molecule has 1 rings (SSSR count). The third-order valence-corrected chi connectivity index (χ3v) is 2.26. The molecular formula is C11H12N4O4. The molecule has 3 N–H and O–H groups in total. The lowest BCUT2D eigenvalue weighted by Crippen LogP contribution is -2.31. The van der Waals surface area contributed by atoms with Crippen LogP contribution in [0.1, 0.15) is 19.8 Å². The van der Waals surface area contributed by atoms with Crippen molar-refractivity contribution in [1.29, 1.82) is 5.26 Å². The van der Waals surface area contributed by atoms with Crippen LogP contribution in [0.5, 0.6) is 0 Å². The minimum atomic E-state index is -0.805. The Kier molecular flexibility index (Phi) is 4.76. The standard InChI is InChI=1S/C11H12N4O4/c1-6(13)7(4-12)9(16)5-19-11(18)8-2-3-10(17)15-14-8/h2-3,5,13H2,1H3,(H,15,17)/b7-6+. The van der Waals surface area contributed by atoms with Crippen LogP contribution in [0, 0.1) is 11.3 Å². The van der Waals surface area contributed by atoms with Crippen LogP contribution in [0.25, 0.3) is 0 Å². The molecule has 0 aromatic carbocycles. The van der Waals surface area contributed by atoms with Crippen LogP contribution >= 0.6 is 0 Å². The van der Waals surface area contributed by atoms with E-state index < -0.39 is 18.4 Å². The molecule has 8 nitrogen and oxygen atoms in total. The van der Waals surface area contributed by atoms with Gasteiger partial charge in [-0.1, -0.05) is 0 Å². The Labute approximate surface area is 108 Å². The van der Waals surface area contributed by atoms with Crippen molar-refractivity contribution >= 4 is 23.4 Å². The van der Waals surface area contributed by atoms with E-state index in [1.54, 1.807) is 6.07 Å². The number of nitriles is 1. The third-order valence-electron chi connectivity index (χ3n) is 2.26. The maximum absolute atomic E-state index is 11.5. The number of hydrogen-bond acceptors (Lipinski definition) is 7. The summed E-state index contributed by atoms with van der Waals surface area (Å²) in [6, 6.07) is 1.64. The Morgan fingerprint density at radius 3 is 2.68 bits per heavy atom. The summed E-state index contributed by atoms with van der Waals surface area (Å²) in [5.41, 5.74) is 7.32. The Morgan fingerprint density at radius 2 is 2.21 bits per heavy atom. The van der Waals surface area contributed by atoms with Gasteiger partial charge in [0.05, 0.1) is 0 Å². The van der Waals surface area contributed by atoms with Gasteiger partial charge in [-0.15, -0.1) is 0 Å². The maximum Gasteiger partial charge on any atom is 0.354 e. The van der Waals surface area contributed by atoms with Crippen LogP contribution in [0.2, 0.25) is 0 Å². The van der Waals surface area contributed by atoms with Crippen molar-refractivity contribution in [3.63, 3.8) is 0 Å². The highest BCUT2D eigenvalue weighted by atomic mass is 16.5. The zero-order valence-corrected chi connectivity index (χ0v) is 10.2. The minimum Gasteiger partial charge on any atom is -0.453 e. The van der Waals surface area contributed by atoms with E-state index in [1.807, 2.05) is 0 Å². The highest BCUT2D eigenvalue weighted by Gasteiger charge is 2.21. The Morgan fingerprint density at radius 1 is 1.53 bits per heavy atom. The van der Waals surface area contributed by atoms with E-state index in [9.17, 15) is 14.4 Å². The lowest BCUT2D eigenvalue weighted by Gasteiger charge is -2.10. The van der Waals surface area contributed by atoms with Crippen molar-refractivity contribution in [1.82, 2.24) is 5.43 Å². The van der Waals surface area contributed by atoms with Gasteiger partial charge in [0.2, 0.25) is 11.7 Å². The molecule has 0 atom stereocenters. The fraction of sp³-hybridized carbons (Fsp3) is 0.364. The molecule has 1 aliphatic heterocycles. The molecule has 0 unspecified atom stereocenters. The number of ketones is 1. The molecule has 8 heteroatoms. The number of hydrazone groups is 1. The number of amides is 1. The van der Waals surface area contributed by atoms with Crippen molar-refractivity contribution in [3.8, 4) is 6.07 Å². The predicted octanol–water partition coefficient (Wildman–Crippen LogP) is -0.879. The highest BCUT2D eigenvalue weighted by Crippen LogP contribution is 2.03. The molecule has 0 fully saturated rings. The Balaban J connectivity index is 2.57. The summed E-state index contributed by atoms with van der Waals surface area (Å²) in [6.45, 7) is 0.808. The molecule has 0 saturated heterocycles. The van der Waals surface area contributed by atoms with E-state index in [-0.39, 0.29) is 35.7 Å². The predicted molar refractivity (Wildman–Crippen MR) is 63.3 cm³/mol. The zero-order chi connectivity index (χ0) is 14.4. The third kappa shape index (κ3) is 3.92. The summed E-state index contributed by atoms with van der Waals surface area (Å²) >= 11 is 0. The first-order valence-electron chi connectivity index (χ1n) is 5.38. The zero-order valence-electron chi connectivity index (χ0n) is 10.2. The average Bonchev–Trinajstić information content (AvgIpc) is 2.37. The summed E-state index contributed by atoms with van der Waals surface area (Å²) in [5, 5.41) is 12.2. The molecular weight excluding hydrogens is 252 g/mol. The van der Waals surface area contributed by atoms with Gasteiger partial charge < -0.3 is 10.5 Å². The lowest BCUT2D eigenvalue weighted by molar-refractivity contribution is -0.140. The molecule has 19 heavy (non-hydrogen) atoms. The minimum absolute atomic E-state index is 0.0272.